The Balaban J connectivity index is 1.52. The van der Waals surface area contributed by atoms with Gasteiger partial charge >= 0.3 is 0 Å². The molecule has 0 fully saturated rings. The van der Waals surface area contributed by atoms with E-state index in [0.717, 1.165) is 5.56 Å². The van der Waals surface area contributed by atoms with Gasteiger partial charge < -0.3 is 9.73 Å². The minimum Gasteiger partial charge on any atom is -0.411 e. The summed E-state index contributed by atoms with van der Waals surface area (Å²) in [5, 5.41) is 11.6. The molecule has 0 unspecified atom stereocenters. The van der Waals surface area contributed by atoms with Crippen LogP contribution in [0.3, 0.4) is 0 Å². The van der Waals surface area contributed by atoms with E-state index >= 15 is 0 Å². The van der Waals surface area contributed by atoms with E-state index in [-0.39, 0.29) is 11.7 Å². The second-order valence-corrected chi connectivity index (χ2v) is 6.24. The Hall–Kier alpha value is -2.31. The van der Waals surface area contributed by atoms with Crippen molar-refractivity contribution in [3.8, 4) is 11.5 Å². The molecule has 5 nitrogen and oxygen atoms in total. The third-order valence-electron chi connectivity index (χ3n) is 3.17. The molecule has 0 spiro atoms. The highest BCUT2D eigenvalue weighted by molar-refractivity contribution is 7.99. The summed E-state index contributed by atoms with van der Waals surface area (Å²) >= 11 is 7.29. The van der Waals surface area contributed by atoms with Crippen LogP contribution in [0.4, 0.5) is 0 Å². The molecule has 0 aliphatic carbocycles. The molecule has 1 heterocycles. The Bertz CT molecular complexity index is 823. The van der Waals surface area contributed by atoms with Crippen molar-refractivity contribution >= 4 is 29.3 Å². The first-order valence-electron chi connectivity index (χ1n) is 7.24. The number of thioether (sulfide) groups is 1. The lowest BCUT2D eigenvalue weighted by Crippen LogP contribution is -2.24. The number of carbonyl (C=O) groups excluding carboxylic acids is 1. The number of benzene rings is 2. The van der Waals surface area contributed by atoms with Crippen molar-refractivity contribution in [1.29, 1.82) is 0 Å². The normalized spacial score (nSPS) is 10.5. The first-order chi connectivity index (χ1) is 11.7. The van der Waals surface area contributed by atoms with Crippen molar-refractivity contribution in [2.75, 3.05) is 5.75 Å². The van der Waals surface area contributed by atoms with Crippen molar-refractivity contribution in [2.45, 2.75) is 11.8 Å². The molecule has 0 saturated carbocycles. The van der Waals surface area contributed by atoms with Gasteiger partial charge in [-0.2, -0.15) is 0 Å². The maximum absolute atomic E-state index is 11.9. The molecule has 7 heteroatoms. The average molecular weight is 360 g/mol. The summed E-state index contributed by atoms with van der Waals surface area (Å²) < 4.78 is 5.54. The van der Waals surface area contributed by atoms with Crippen LogP contribution in [0, 0.1) is 0 Å². The van der Waals surface area contributed by atoms with Gasteiger partial charge in [0.05, 0.1) is 16.3 Å². The third-order valence-corrected chi connectivity index (χ3v) is 4.32. The number of aromatic nitrogens is 2. The highest BCUT2D eigenvalue weighted by Gasteiger charge is 2.13. The maximum atomic E-state index is 11.9. The first-order valence-corrected chi connectivity index (χ1v) is 8.60. The second kappa shape index (κ2) is 7.99. The minimum absolute atomic E-state index is 0.0960. The molecule has 1 amide bonds. The molecule has 3 aromatic rings. The van der Waals surface area contributed by atoms with Crippen LogP contribution in [-0.2, 0) is 11.3 Å². The van der Waals surface area contributed by atoms with E-state index in [4.69, 9.17) is 16.0 Å². The van der Waals surface area contributed by atoms with Gasteiger partial charge in [0.2, 0.25) is 11.8 Å². The van der Waals surface area contributed by atoms with E-state index in [1.807, 2.05) is 42.5 Å². The molecule has 2 aromatic carbocycles. The zero-order valence-corrected chi connectivity index (χ0v) is 14.2. The van der Waals surface area contributed by atoms with Gasteiger partial charge in [-0.05, 0) is 17.7 Å². The number of halogens is 1. The molecule has 0 aliphatic rings. The van der Waals surface area contributed by atoms with Crippen LogP contribution in [0.2, 0.25) is 5.02 Å². The number of nitrogens with one attached hydrogen (secondary N) is 1. The highest BCUT2D eigenvalue weighted by Crippen LogP contribution is 2.28. The van der Waals surface area contributed by atoms with Crippen molar-refractivity contribution < 1.29 is 9.21 Å². The van der Waals surface area contributed by atoms with Crippen LogP contribution in [0.5, 0.6) is 0 Å². The van der Waals surface area contributed by atoms with E-state index < -0.39 is 0 Å². The number of amides is 1. The van der Waals surface area contributed by atoms with E-state index in [9.17, 15) is 4.79 Å². The quantitative estimate of drug-likeness (QED) is 0.678. The molecule has 24 heavy (non-hydrogen) atoms. The van der Waals surface area contributed by atoms with Gasteiger partial charge in [0.1, 0.15) is 0 Å². The van der Waals surface area contributed by atoms with Crippen LogP contribution in [0.25, 0.3) is 11.5 Å². The molecule has 1 aromatic heterocycles. The number of nitrogens with zero attached hydrogens (tertiary/aromatic N) is 2. The van der Waals surface area contributed by atoms with E-state index in [1.54, 1.807) is 12.1 Å². The summed E-state index contributed by atoms with van der Waals surface area (Å²) in [6.07, 6.45) is 0. The van der Waals surface area contributed by atoms with E-state index in [1.165, 1.54) is 11.8 Å². The molecule has 3 rings (SSSR count). The minimum atomic E-state index is -0.0960. The predicted octanol–water partition coefficient (Wildman–Crippen LogP) is 3.80. The number of rotatable bonds is 6. The monoisotopic (exact) mass is 359 g/mol. The number of hydrogen-bond acceptors (Lipinski definition) is 5. The van der Waals surface area contributed by atoms with Crippen LogP contribution in [-0.4, -0.2) is 21.9 Å². The van der Waals surface area contributed by atoms with Gasteiger partial charge in [0.25, 0.3) is 5.22 Å². The van der Waals surface area contributed by atoms with Gasteiger partial charge in [0.15, 0.2) is 0 Å². The van der Waals surface area contributed by atoms with E-state index in [0.29, 0.717) is 28.2 Å². The fourth-order valence-corrected chi connectivity index (χ4v) is 2.80. The van der Waals surface area contributed by atoms with Gasteiger partial charge in [-0.25, -0.2) is 0 Å². The Morgan fingerprint density at radius 1 is 1.08 bits per heavy atom. The smallest absolute Gasteiger partial charge is 0.277 e. The van der Waals surface area contributed by atoms with Crippen molar-refractivity contribution in [2.24, 2.45) is 0 Å². The average Bonchev–Trinajstić information content (AvgIpc) is 3.08. The Morgan fingerprint density at radius 3 is 2.62 bits per heavy atom. The van der Waals surface area contributed by atoms with Crippen molar-refractivity contribution in [1.82, 2.24) is 15.5 Å². The lowest BCUT2D eigenvalue weighted by molar-refractivity contribution is -0.118. The van der Waals surface area contributed by atoms with E-state index in [2.05, 4.69) is 15.5 Å². The van der Waals surface area contributed by atoms with Gasteiger partial charge in [-0.15, -0.1) is 10.2 Å². The lowest BCUT2D eigenvalue weighted by Gasteiger charge is -2.03. The van der Waals surface area contributed by atoms with Crippen molar-refractivity contribution in [3.63, 3.8) is 0 Å². The van der Waals surface area contributed by atoms with Gasteiger partial charge in [-0.1, -0.05) is 65.8 Å². The second-order valence-electron chi connectivity index (χ2n) is 4.90. The summed E-state index contributed by atoms with van der Waals surface area (Å²) in [7, 11) is 0. The van der Waals surface area contributed by atoms with Crippen LogP contribution in [0.15, 0.2) is 64.2 Å². The Labute approximate surface area is 148 Å². The molecule has 1 N–H and O–H groups in total. The molecule has 0 radical (unpaired) electrons. The lowest BCUT2D eigenvalue weighted by atomic mass is 10.2. The van der Waals surface area contributed by atoms with Gasteiger partial charge in [-0.3, -0.25) is 4.79 Å². The molecule has 0 saturated heterocycles. The van der Waals surface area contributed by atoms with Crippen LogP contribution in [0.1, 0.15) is 5.56 Å². The van der Waals surface area contributed by atoms with Crippen LogP contribution < -0.4 is 5.32 Å². The molecular weight excluding hydrogens is 346 g/mol. The maximum Gasteiger partial charge on any atom is 0.277 e. The largest absolute Gasteiger partial charge is 0.411 e. The molecule has 122 valence electrons. The number of carbonyl (C=O) groups is 1. The summed E-state index contributed by atoms with van der Waals surface area (Å²) in [6, 6.07) is 17.0. The Kier molecular flexibility index (Phi) is 5.51. The predicted molar refractivity (Wildman–Crippen MR) is 93.8 cm³/mol. The highest BCUT2D eigenvalue weighted by atomic mass is 35.5. The summed E-state index contributed by atoms with van der Waals surface area (Å²) in [5.41, 5.74) is 1.72. The molecule has 0 bridgehead atoms. The first kappa shape index (κ1) is 16.5. The topological polar surface area (TPSA) is 68.0 Å². The summed E-state index contributed by atoms with van der Waals surface area (Å²) in [6.45, 7) is 0.495. The number of hydrogen-bond donors (Lipinski definition) is 1. The fourth-order valence-electron chi connectivity index (χ4n) is 1.99. The fraction of sp³-hybridized carbons (Fsp3) is 0.118. The van der Waals surface area contributed by atoms with Gasteiger partial charge in [0, 0.05) is 6.54 Å². The molecule has 0 aliphatic heterocycles. The SMILES string of the molecule is O=C(CSc1nnc(-c2ccccc2Cl)o1)NCc1ccccc1. The zero-order valence-electron chi connectivity index (χ0n) is 12.6. The van der Waals surface area contributed by atoms with Crippen molar-refractivity contribution in [3.05, 3.63) is 65.2 Å². The summed E-state index contributed by atoms with van der Waals surface area (Å²) in [4.78, 5) is 11.9. The summed E-state index contributed by atoms with van der Waals surface area (Å²) in [5.74, 6) is 0.450. The third kappa shape index (κ3) is 4.37. The van der Waals surface area contributed by atoms with Crippen LogP contribution >= 0.6 is 23.4 Å². The Morgan fingerprint density at radius 2 is 1.83 bits per heavy atom. The zero-order chi connectivity index (χ0) is 16.8. The molecule has 0 atom stereocenters. The standard InChI is InChI=1S/C17H14ClN3O2S/c18-14-9-5-4-8-13(14)16-20-21-17(23-16)24-11-15(22)19-10-12-6-2-1-3-7-12/h1-9H,10-11H2,(H,19,22). The molecular formula is C17H14ClN3O2S.